The molecule has 0 amide bonds. The van der Waals surface area contributed by atoms with E-state index in [1.165, 1.54) is 12.5 Å². The average molecular weight is 384 g/mol. The van der Waals surface area contributed by atoms with Gasteiger partial charge in [-0.05, 0) is 23.8 Å². The Morgan fingerprint density at radius 2 is 2.00 bits per heavy atom. The number of anilines is 1. The van der Waals surface area contributed by atoms with E-state index in [0.29, 0.717) is 22.6 Å². The quantitative estimate of drug-likeness (QED) is 0.554. The average Bonchev–Trinajstić information content (AvgIpc) is 3.03. The predicted octanol–water partition coefficient (Wildman–Crippen LogP) is 3.99. The van der Waals surface area contributed by atoms with Gasteiger partial charge < -0.3 is 15.4 Å². The number of hydrogen-bond donors (Lipinski definition) is 2. The Morgan fingerprint density at radius 3 is 2.74 bits per heavy atom. The third kappa shape index (κ3) is 3.54. The number of aromatic carboxylic acids is 1. The zero-order chi connectivity index (χ0) is 19.6. The minimum absolute atomic E-state index is 0.0820. The van der Waals surface area contributed by atoms with Crippen LogP contribution in [-0.2, 0) is 6.54 Å². The van der Waals surface area contributed by atoms with Crippen molar-refractivity contribution in [1.82, 2.24) is 19.5 Å². The van der Waals surface area contributed by atoms with Crippen molar-refractivity contribution < 1.29 is 9.90 Å². The van der Waals surface area contributed by atoms with Crippen LogP contribution in [0.3, 0.4) is 0 Å². The first kappa shape index (κ1) is 18.6. The van der Waals surface area contributed by atoms with Crippen molar-refractivity contribution in [2.24, 2.45) is 0 Å². The topological polar surface area (TPSA) is 107 Å². The summed E-state index contributed by atoms with van der Waals surface area (Å²) in [4.78, 5) is 23.8. The fraction of sp³-hybridized carbons (Fsp3) is 0.158. The van der Waals surface area contributed by atoms with Crippen LogP contribution in [0.25, 0.3) is 21.9 Å². The number of hydrogen-bond acceptors (Lipinski definition) is 5. The summed E-state index contributed by atoms with van der Waals surface area (Å²) in [6.45, 7) is 4.43. The van der Waals surface area contributed by atoms with E-state index in [9.17, 15) is 9.90 Å². The van der Waals surface area contributed by atoms with Crippen LogP contribution in [-0.4, -0.2) is 30.6 Å². The molecule has 7 nitrogen and oxygen atoms in total. The summed E-state index contributed by atoms with van der Waals surface area (Å²) < 4.78 is 1.75. The van der Waals surface area contributed by atoms with Crippen molar-refractivity contribution in [3.05, 3.63) is 59.1 Å². The van der Waals surface area contributed by atoms with Crippen molar-refractivity contribution >= 4 is 45.3 Å². The van der Waals surface area contributed by atoms with Crippen LogP contribution in [0.5, 0.6) is 0 Å². The van der Waals surface area contributed by atoms with E-state index in [2.05, 4.69) is 15.0 Å². The van der Waals surface area contributed by atoms with Gasteiger partial charge in [-0.1, -0.05) is 31.5 Å². The zero-order valence-electron chi connectivity index (χ0n) is 14.8. The number of benzene rings is 1. The SMILES string of the molecule is CC.Nc1ncnc2c1c(C(=O)O)cn2Cc1ccc2ncc(Cl)cc2c1. The standard InChI is InChI=1S/C17H12ClN5O2.C2H6/c18-11-4-10-3-9(1-2-13(10)20-5-11)6-23-7-12(17(24)25)14-15(19)21-8-22-16(14)23;1-2/h1-5,7-8H,6H2,(H,24,25)(H2,19,21,22);1-2H3. The molecule has 8 heteroatoms. The second-order valence-electron chi connectivity index (χ2n) is 5.61. The molecular weight excluding hydrogens is 366 g/mol. The lowest BCUT2D eigenvalue weighted by molar-refractivity contribution is 0.0699. The van der Waals surface area contributed by atoms with E-state index >= 15 is 0 Å². The molecule has 0 aliphatic carbocycles. The Bertz CT molecular complexity index is 1140. The van der Waals surface area contributed by atoms with E-state index in [1.54, 1.807) is 10.8 Å². The molecule has 4 aromatic rings. The molecule has 3 aromatic heterocycles. The fourth-order valence-electron chi connectivity index (χ4n) is 2.88. The number of carbonyl (C=O) groups is 1. The molecule has 0 unspecified atom stereocenters. The van der Waals surface area contributed by atoms with Gasteiger partial charge in [0.1, 0.15) is 17.8 Å². The lowest BCUT2D eigenvalue weighted by Gasteiger charge is -2.06. The van der Waals surface area contributed by atoms with Crippen molar-refractivity contribution in [3.63, 3.8) is 0 Å². The van der Waals surface area contributed by atoms with E-state index < -0.39 is 5.97 Å². The third-order valence-corrected chi connectivity index (χ3v) is 4.19. The highest BCUT2D eigenvalue weighted by Gasteiger charge is 2.18. The molecule has 0 aliphatic rings. The molecule has 0 saturated heterocycles. The molecule has 3 heterocycles. The van der Waals surface area contributed by atoms with Gasteiger partial charge in [0.05, 0.1) is 21.5 Å². The lowest BCUT2D eigenvalue weighted by Crippen LogP contribution is -2.00. The maximum atomic E-state index is 11.5. The van der Waals surface area contributed by atoms with Gasteiger partial charge >= 0.3 is 5.97 Å². The first-order valence-electron chi connectivity index (χ1n) is 8.40. The van der Waals surface area contributed by atoms with Gasteiger partial charge in [0, 0.05) is 24.3 Å². The number of carboxylic acid groups (broad SMARTS) is 1. The molecule has 0 spiro atoms. The second kappa shape index (κ2) is 7.59. The third-order valence-electron chi connectivity index (χ3n) is 3.98. The highest BCUT2D eigenvalue weighted by molar-refractivity contribution is 6.31. The smallest absolute Gasteiger partial charge is 0.338 e. The molecule has 0 radical (unpaired) electrons. The van der Waals surface area contributed by atoms with Gasteiger partial charge in [0.15, 0.2) is 0 Å². The molecule has 3 N–H and O–H groups in total. The Labute approximate surface area is 160 Å². The van der Waals surface area contributed by atoms with E-state index in [4.69, 9.17) is 17.3 Å². The van der Waals surface area contributed by atoms with Crippen LogP contribution in [0.4, 0.5) is 5.82 Å². The highest BCUT2D eigenvalue weighted by Crippen LogP contribution is 2.25. The summed E-state index contributed by atoms with van der Waals surface area (Å²) in [6.07, 6.45) is 4.45. The Morgan fingerprint density at radius 1 is 1.22 bits per heavy atom. The molecule has 138 valence electrons. The maximum Gasteiger partial charge on any atom is 0.338 e. The van der Waals surface area contributed by atoms with Crippen LogP contribution < -0.4 is 5.73 Å². The number of fused-ring (bicyclic) bond motifs is 2. The summed E-state index contributed by atoms with van der Waals surface area (Å²) in [5.41, 5.74) is 8.20. The van der Waals surface area contributed by atoms with Crippen LogP contribution in [0, 0.1) is 0 Å². The monoisotopic (exact) mass is 383 g/mol. The first-order valence-corrected chi connectivity index (χ1v) is 8.77. The van der Waals surface area contributed by atoms with Gasteiger partial charge in [-0.2, -0.15) is 0 Å². The number of rotatable bonds is 3. The summed E-state index contributed by atoms with van der Waals surface area (Å²) in [5.74, 6) is -0.921. The molecule has 27 heavy (non-hydrogen) atoms. The zero-order valence-corrected chi connectivity index (χ0v) is 15.6. The van der Waals surface area contributed by atoms with E-state index in [0.717, 1.165) is 16.5 Å². The molecule has 0 fully saturated rings. The molecule has 4 rings (SSSR count). The molecule has 0 bridgehead atoms. The van der Waals surface area contributed by atoms with Crippen LogP contribution in [0.1, 0.15) is 29.8 Å². The summed E-state index contributed by atoms with van der Waals surface area (Å²) in [5, 5.41) is 11.2. The van der Waals surface area contributed by atoms with Crippen LogP contribution in [0.2, 0.25) is 5.02 Å². The van der Waals surface area contributed by atoms with E-state index in [1.807, 2.05) is 38.1 Å². The van der Waals surface area contributed by atoms with Gasteiger partial charge in [-0.15, -0.1) is 0 Å². The minimum Gasteiger partial charge on any atom is -0.478 e. The lowest BCUT2D eigenvalue weighted by atomic mass is 10.1. The largest absolute Gasteiger partial charge is 0.478 e. The fourth-order valence-corrected chi connectivity index (χ4v) is 3.05. The number of nitrogen functional groups attached to an aromatic ring is 1. The Balaban J connectivity index is 0.00000102. The van der Waals surface area contributed by atoms with Gasteiger partial charge in [-0.25, -0.2) is 14.8 Å². The van der Waals surface area contributed by atoms with E-state index in [-0.39, 0.29) is 11.4 Å². The molecule has 1 aromatic carbocycles. The Kier molecular flexibility index (Phi) is 5.23. The van der Waals surface area contributed by atoms with Crippen molar-refractivity contribution in [3.8, 4) is 0 Å². The normalized spacial score (nSPS) is 10.6. The van der Waals surface area contributed by atoms with Crippen molar-refractivity contribution in [2.45, 2.75) is 20.4 Å². The number of carboxylic acids is 1. The van der Waals surface area contributed by atoms with Crippen LogP contribution >= 0.6 is 11.6 Å². The minimum atomic E-state index is -1.07. The van der Waals surface area contributed by atoms with Crippen LogP contribution in [0.15, 0.2) is 43.0 Å². The molecule has 0 saturated carbocycles. The number of nitrogens with two attached hydrogens (primary N) is 1. The van der Waals surface area contributed by atoms with Gasteiger partial charge in [0.25, 0.3) is 0 Å². The van der Waals surface area contributed by atoms with Gasteiger partial charge in [-0.3, -0.25) is 4.98 Å². The highest BCUT2D eigenvalue weighted by atomic mass is 35.5. The maximum absolute atomic E-state index is 11.5. The van der Waals surface area contributed by atoms with Crippen molar-refractivity contribution in [1.29, 1.82) is 0 Å². The summed E-state index contributed by atoms with van der Waals surface area (Å²) in [7, 11) is 0. The Hall–Kier alpha value is -3.19. The molecule has 0 atom stereocenters. The second-order valence-corrected chi connectivity index (χ2v) is 6.05. The first-order chi connectivity index (χ1) is 13.0. The summed E-state index contributed by atoms with van der Waals surface area (Å²) in [6, 6.07) is 7.63. The number of nitrogens with zero attached hydrogens (tertiary/aromatic N) is 4. The number of pyridine rings is 1. The molecular formula is C19H18ClN5O2. The number of halogens is 1. The number of aromatic nitrogens is 4. The van der Waals surface area contributed by atoms with Gasteiger partial charge in [0.2, 0.25) is 0 Å². The predicted molar refractivity (Wildman–Crippen MR) is 106 cm³/mol. The van der Waals surface area contributed by atoms with Crippen molar-refractivity contribution in [2.75, 3.05) is 5.73 Å². The summed E-state index contributed by atoms with van der Waals surface area (Å²) >= 11 is 6.00. The molecule has 0 aliphatic heterocycles.